The van der Waals surface area contributed by atoms with Crippen LogP contribution in [0.2, 0.25) is 0 Å². The number of aliphatic carboxylic acids is 1. The van der Waals surface area contributed by atoms with E-state index in [2.05, 4.69) is 4.98 Å². The fraction of sp³-hybridized carbons (Fsp3) is 0.333. The molecule has 0 aliphatic rings. The first-order valence-electron chi connectivity index (χ1n) is 4.64. The molecule has 1 aromatic heterocycles. The summed E-state index contributed by atoms with van der Waals surface area (Å²) in [5, 5.41) is 26.3. The molecule has 0 amide bonds. The van der Waals surface area contributed by atoms with Gasteiger partial charge in [0.1, 0.15) is 6.20 Å². The Bertz CT molecular complexity index is 444. The Morgan fingerprint density at radius 3 is 2.16 bits per heavy atom. The third-order valence-corrected chi connectivity index (χ3v) is 1.68. The van der Waals surface area contributed by atoms with Gasteiger partial charge in [-0.1, -0.05) is 0 Å². The van der Waals surface area contributed by atoms with Crippen molar-refractivity contribution in [1.29, 1.82) is 0 Å². The van der Waals surface area contributed by atoms with Gasteiger partial charge in [0.05, 0.1) is 6.10 Å². The Morgan fingerprint density at radius 1 is 1.47 bits per heavy atom. The number of hydrogen-bond acceptors (Lipinski definition) is 5. The summed E-state index contributed by atoms with van der Waals surface area (Å²) in [7, 11) is 0. The van der Waals surface area contributed by atoms with Gasteiger partial charge in [0.25, 0.3) is 0 Å². The number of aliphatic hydroxyl groups excluding tert-OH is 1. The second kappa shape index (κ2) is 6.64. The SMILES string of the molecule is CC(O)c1ccc([N+](=O)[O-])nc1.O=C(O)C(F)(F)F. The number of nitrogens with zero attached hydrogens (tertiary/aromatic N) is 2. The molecule has 0 fully saturated rings. The number of nitro groups is 1. The van der Waals surface area contributed by atoms with Gasteiger partial charge >= 0.3 is 18.0 Å². The number of alkyl halides is 3. The molecule has 0 aromatic carbocycles. The number of hydrogen-bond donors (Lipinski definition) is 2. The first-order chi connectivity index (χ1) is 8.55. The van der Waals surface area contributed by atoms with Crippen LogP contribution in [0.15, 0.2) is 18.3 Å². The van der Waals surface area contributed by atoms with Gasteiger partial charge in [-0.25, -0.2) is 4.79 Å². The van der Waals surface area contributed by atoms with Crippen molar-refractivity contribution in [2.24, 2.45) is 0 Å². The van der Waals surface area contributed by atoms with Crippen molar-refractivity contribution in [2.75, 3.05) is 0 Å². The van der Waals surface area contributed by atoms with E-state index in [9.17, 15) is 23.3 Å². The highest BCUT2D eigenvalue weighted by atomic mass is 19.4. The lowest BCUT2D eigenvalue weighted by Crippen LogP contribution is -2.21. The monoisotopic (exact) mass is 282 g/mol. The molecule has 0 spiro atoms. The number of carboxylic acid groups (broad SMARTS) is 1. The van der Waals surface area contributed by atoms with E-state index >= 15 is 0 Å². The van der Waals surface area contributed by atoms with Gasteiger partial charge in [0, 0.05) is 11.6 Å². The summed E-state index contributed by atoms with van der Waals surface area (Å²) in [4.78, 5) is 22.0. The fourth-order valence-corrected chi connectivity index (χ4v) is 0.753. The molecule has 1 atom stereocenters. The van der Waals surface area contributed by atoms with Gasteiger partial charge in [0.2, 0.25) is 0 Å². The largest absolute Gasteiger partial charge is 0.490 e. The van der Waals surface area contributed by atoms with E-state index < -0.39 is 23.2 Å². The minimum Gasteiger partial charge on any atom is -0.475 e. The zero-order valence-electron chi connectivity index (χ0n) is 9.46. The highest BCUT2D eigenvalue weighted by Crippen LogP contribution is 2.13. The zero-order chi connectivity index (χ0) is 15.2. The number of carbonyl (C=O) groups is 1. The van der Waals surface area contributed by atoms with Crippen LogP contribution in [0.5, 0.6) is 0 Å². The number of rotatable bonds is 2. The first kappa shape index (κ1) is 16.8. The second-order valence-corrected chi connectivity index (χ2v) is 3.19. The third kappa shape index (κ3) is 6.31. The highest BCUT2D eigenvalue weighted by Gasteiger charge is 2.38. The Hall–Kier alpha value is -2.23. The van der Waals surface area contributed by atoms with Crippen molar-refractivity contribution in [2.45, 2.75) is 19.2 Å². The molecule has 0 saturated heterocycles. The molecule has 2 N–H and O–H groups in total. The van der Waals surface area contributed by atoms with Gasteiger partial charge in [-0.2, -0.15) is 13.2 Å². The van der Waals surface area contributed by atoms with Crippen LogP contribution in [0.25, 0.3) is 0 Å². The third-order valence-electron chi connectivity index (χ3n) is 1.68. The zero-order valence-corrected chi connectivity index (χ0v) is 9.46. The Kier molecular flexibility index (Phi) is 5.86. The van der Waals surface area contributed by atoms with Gasteiger partial charge in [-0.15, -0.1) is 0 Å². The predicted molar refractivity (Wildman–Crippen MR) is 55.2 cm³/mol. The van der Waals surface area contributed by atoms with Crippen molar-refractivity contribution in [3.8, 4) is 0 Å². The molecule has 1 aromatic rings. The van der Waals surface area contributed by atoms with E-state index in [4.69, 9.17) is 15.0 Å². The normalized spacial score (nSPS) is 12.1. The lowest BCUT2D eigenvalue weighted by Gasteiger charge is -1.99. The minimum absolute atomic E-state index is 0.209. The van der Waals surface area contributed by atoms with Gasteiger partial charge in [-0.3, -0.25) is 0 Å². The maximum absolute atomic E-state index is 10.6. The summed E-state index contributed by atoms with van der Waals surface area (Å²) in [6, 6.07) is 2.75. The number of halogens is 3. The standard InChI is InChI=1S/C7H8N2O3.C2HF3O2/c1-5(10)6-2-3-7(8-4-6)9(11)12;3-2(4,5)1(6)7/h2-5,10H,1H3;(H,6,7). The molecule has 0 saturated carbocycles. The summed E-state index contributed by atoms with van der Waals surface area (Å²) in [5.74, 6) is -2.97. The molecule has 1 heterocycles. The first-order valence-corrected chi connectivity index (χ1v) is 4.64. The average molecular weight is 282 g/mol. The molecular weight excluding hydrogens is 273 g/mol. The number of carboxylic acids is 1. The van der Waals surface area contributed by atoms with Crippen molar-refractivity contribution >= 4 is 11.8 Å². The molecule has 0 aliphatic carbocycles. The second-order valence-electron chi connectivity index (χ2n) is 3.19. The molecule has 19 heavy (non-hydrogen) atoms. The quantitative estimate of drug-likeness (QED) is 0.630. The van der Waals surface area contributed by atoms with Crippen LogP contribution in [-0.2, 0) is 4.79 Å². The summed E-state index contributed by atoms with van der Waals surface area (Å²) >= 11 is 0. The Morgan fingerprint density at radius 2 is 1.95 bits per heavy atom. The van der Waals surface area contributed by atoms with Crippen LogP contribution in [-0.4, -0.2) is 32.3 Å². The Balaban J connectivity index is 0.000000399. The van der Waals surface area contributed by atoms with E-state index in [1.54, 1.807) is 6.92 Å². The topological polar surface area (TPSA) is 114 Å². The van der Waals surface area contributed by atoms with Crippen molar-refractivity contribution < 1.29 is 33.1 Å². The average Bonchev–Trinajstić information content (AvgIpc) is 2.28. The summed E-state index contributed by atoms with van der Waals surface area (Å²) in [5.41, 5.74) is 0.570. The minimum atomic E-state index is -5.08. The maximum atomic E-state index is 10.6. The molecule has 1 unspecified atom stereocenters. The van der Waals surface area contributed by atoms with Crippen LogP contribution < -0.4 is 0 Å². The van der Waals surface area contributed by atoms with Crippen LogP contribution in [0.3, 0.4) is 0 Å². The molecule has 0 bridgehead atoms. The van der Waals surface area contributed by atoms with Crippen LogP contribution in [0.1, 0.15) is 18.6 Å². The molecule has 106 valence electrons. The summed E-state index contributed by atoms with van der Waals surface area (Å²) in [6.07, 6.45) is -4.43. The van der Waals surface area contributed by atoms with Gasteiger partial charge in [0.15, 0.2) is 0 Å². The van der Waals surface area contributed by atoms with E-state index in [1.807, 2.05) is 0 Å². The van der Waals surface area contributed by atoms with Gasteiger partial charge in [-0.05, 0) is 22.9 Å². The molecule has 0 radical (unpaired) electrons. The van der Waals surface area contributed by atoms with E-state index in [0.29, 0.717) is 5.56 Å². The molecular formula is C9H9F3N2O5. The lowest BCUT2D eigenvalue weighted by molar-refractivity contribution is -0.389. The Labute approximate surface area is 104 Å². The van der Waals surface area contributed by atoms with Gasteiger partial charge < -0.3 is 20.3 Å². The van der Waals surface area contributed by atoms with Crippen LogP contribution >= 0.6 is 0 Å². The maximum Gasteiger partial charge on any atom is 0.490 e. The predicted octanol–water partition coefficient (Wildman–Crippen LogP) is 1.68. The van der Waals surface area contributed by atoms with Crippen LogP contribution in [0.4, 0.5) is 19.0 Å². The molecule has 0 aliphatic heterocycles. The van der Waals surface area contributed by atoms with E-state index in [-0.39, 0.29) is 5.82 Å². The fourth-order valence-electron chi connectivity index (χ4n) is 0.753. The summed E-state index contributed by atoms with van der Waals surface area (Å²) in [6.45, 7) is 1.57. The number of pyridine rings is 1. The molecule has 10 heteroatoms. The summed E-state index contributed by atoms with van der Waals surface area (Å²) < 4.78 is 31.7. The smallest absolute Gasteiger partial charge is 0.475 e. The van der Waals surface area contributed by atoms with Crippen molar-refractivity contribution in [3.63, 3.8) is 0 Å². The number of aliphatic hydroxyl groups is 1. The lowest BCUT2D eigenvalue weighted by atomic mass is 10.2. The van der Waals surface area contributed by atoms with Crippen molar-refractivity contribution in [1.82, 2.24) is 4.98 Å². The number of aromatic nitrogens is 1. The van der Waals surface area contributed by atoms with E-state index in [1.165, 1.54) is 18.3 Å². The highest BCUT2D eigenvalue weighted by molar-refractivity contribution is 5.73. The van der Waals surface area contributed by atoms with Crippen molar-refractivity contribution in [3.05, 3.63) is 34.0 Å². The molecule has 1 rings (SSSR count). The van der Waals surface area contributed by atoms with Crippen LogP contribution in [0, 0.1) is 10.1 Å². The molecule has 7 nitrogen and oxygen atoms in total. The van der Waals surface area contributed by atoms with E-state index in [0.717, 1.165) is 0 Å².